The number of thioether (sulfide) groups is 1. The van der Waals surface area contributed by atoms with Gasteiger partial charge in [-0.1, -0.05) is 17.7 Å². The van der Waals surface area contributed by atoms with Crippen molar-refractivity contribution in [3.8, 4) is 0 Å². The SMILES string of the molecule is Cc1cccc(SC2CCN(C(=O)[C@H]3CC(=O)N(C(C)C)C3)CC2)c1. The molecule has 2 amide bonds. The molecule has 2 aliphatic heterocycles. The van der Waals surface area contributed by atoms with Crippen LogP contribution < -0.4 is 0 Å². The highest BCUT2D eigenvalue weighted by Crippen LogP contribution is 2.32. The van der Waals surface area contributed by atoms with Crippen molar-refractivity contribution in [1.29, 1.82) is 0 Å². The topological polar surface area (TPSA) is 40.6 Å². The molecule has 0 saturated carbocycles. The third-order valence-electron chi connectivity index (χ3n) is 5.18. The van der Waals surface area contributed by atoms with Gasteiger partial charge in [0.15, 0.2) is 0 Å². The zero-order chi connectivity index (χ0) is 18.0. The molecule has 0 unspecified atom stereocenters. The van der Waals surface area contributed by atoms with Gasteiger partial charge in [0.1, 0.15) is 0 Å². The lowest BCUT2D eigenvalue weighted by molar-refractivity contribution is -0.136. The van der Waals surface area contributed by atoms with Gasteiger partial charge in [0.25, 0.3) is 0 Å². The molecule has 25 heavy (non-hydrogen) atoms. The Morgan fingerprint density at radius 2 is 1.96 bits per heavy atom. The fraction of sp³-hybridized carbons (Fsp3) is 0.600. The van der Waals surface area contributed by atoms with Gasteiger partial charge < -0.3 is 9.80 Å². The molecule has 0 bridgehead atoms. The maximum Gasteiger partial charge on any atom is 0.227 e. The first-order chi connectivity index (χ1) is 11.9. The minimum atomic E-state index is -0.143. The summed E-state index contributed by atoms with van der Waals surface area (Å²) >= 11 is 1.93. The van der Waals surface area contributed by atoms with E-state index >= 15 is 0 Å². The van der Waals surface area contributed by atoms with E-state index in [1.807, 2.05) is 35.4 Å². The number of aryl methyl sites for hydroxylation is 1. The molecule has 0 radical (unpaired) electrons. The van der Waals surface area contributed by atoms with E-state index in [0.717, 1.165) is 25.9 Å². The van der Waals surface area contributed by atoms with Gasteiger partial charge in [0.2, 0.25) is 11.8 Å². The van der Waals surface area contributed by atoms with Crippen LogP contribution in [0.4, 0.5) is 0 Å². The third kappa shape index (κ3) is 4.38. The minimum Gasteiger partial charge on any atom is -0.342 e. The van der Waals surface area contributed by atoms with Crippen LogP contribution >= 0.6 is 11.8 Å². The van der Waals surface area contributed by atoms with Crippen molar-refractivity contribution in [3.63, 3.8) is 0 Å². The molecule has 136 valence electrons. The van der Waals surface area contributed by atoms with Crippen molar-refractivity contribution in [2.45, 2.75) is 56.2 Å². The normalized spacial score (nSPS) is 22.1. The number of benzene rings is 1. The minimum absolute atomic E-state index is 0.123. The van der Waals surface area contributed by atoms with E-state index in [9.17, 15) is 9.59 Å². The molecule has 1 aromatic rings. The van der Waals surface area contributed by atoms with E-state index in [0.29, 0.717) is 18.2 Å². The van der Waals surface area contributed by atoms with Crippen molar-refractivity contribution >= 4 is 23.6 Å². The van der Waals surface area contributed by atoms with Crippen molar-refractivity contribution in [1.82, 2.24) is 9.80 Å². The number of carbonyl (C=O) groups excluding carboxylic acids is 2. The van der Waals surface area contributed by atoms with E-state index in [1.54, 1.807) is 0 Å². The van der Waals surface area contributed by atoms with Gasteiger partial charge >= 0.3 is 0 Å². The molecule has 2 aliphatic rings. The molecule has 5 heteroatoms. The van der Waals surface area contributed by atoms with Crippen LogP contribution in [0, 0.1) is 12.8 Å². The van der Waals surface area contributed by atoms with Crippen LogP contribution in [0.15, 0.2) is 29.2 Å². The van der Waals surface area contributed by atoms with Crippen LogP contribution in [-0.2, 0) is 9.59 Å². The van der Waals surface area contributed by atoms with E-state index in [4.69, 9.17) is 0 Å². The summed E-state index contributed by atoms with van der Waals surface area (Å²) in [6.45, 7) is 8.36. The Morgan fingerprint density at radius 3 is 2.56 bits per heavy atom. The summed E-state index contributed by atoms with van der Waals surface area (Å²) in [5.41, 5.74) is 1.29. The van der Waals surface area contributed by atoms with E-state index < -0.39 is 0 Å². The summed E-state index contributed by atoms with van der Waals surface area (Å²) in [5, 5.41) is 0.572. The Labute approximate surface area is 154 Å². The molecule has 0 aliphatic carbocycles. The first-order valence-electron chi connectivity index (χ1n) is 9.25. The second kappa shape index (κ2) is 7.81. The number of piperidine rings is 1. The second-order valence-corrected chi connectivity index (χ2v) is 8.87. The Balaban J connectivity index is 1.50. The third-order valence-corrected chi connectivity index (χ3v) is 6.51. The molecule has 4 nitrogen and oxygen atoms in total. The van der Waals surface area contributed by atoms with Crippen molar-refractivity contribution in [2.24, 2.45) is 5.92 Å². The van der Waals surface area contributed by atoms with E-state index in [2.05, 4.69) is 31.2 Å². The van der Waals surface area contributed by atoms with Gasteiger partial charge in [-0.15, -0.1) is 11.8 Å². The number of amides is 2. The molecular formula is C20H28N2O2S. The maximum atomic E-state index is 12.8. The molecule has 1 atom stereocenters. The Hall–Kier alpha value is -1.49. The lowest BCUT2D eigenvalue weighted by atomic mass is 10.0. The van der Waals surface area contributed by atoms with Gasteiger partial charge in [0, 0.05) is 42.2 Å². The standard InChI is InChI=1S/C20H28N2O2S/c1-14(2)22-13-16(12-19(22)23)20(24)21-9-7-17(8-10-21)25-18-6-4-5-15(3)11-18/h4-6,11,14,16-17H,7-10,12-13H2,1-3H3/t16-/m0/s1. The number of nitrogens with zero attached hydrogens (tertiary/aromatic N) is 2. The summed E-state index contributed by atoms with van der Waals surface area (Å²) in [7, 11) is 0. The van der Waals surface area contributed by atoms with Gasteiger partial charge in [-0.05, 0) is 45.7 Å². The smallest absolute Gasteiger partial charge is 0.227 e. The van der Waals surface area contributed by atoms with Gasteiger partial charge in [-0.25, -0.2) is 0 Å². The molecule has 0 N–H and O–H groups in total. The number of hydrogen-bond donors (Lipinski definition) is 0. The number of hydrogen-bond acceptors (Lipinski definition) is 3. The first kappa shape index (κ1) is 18.3. The Bertz CT molecular complexity index is 638. The first-order valence-corrected chi connectivity index (χ1v) is 10.1. The van der Waals surface area contributed by atoms with E-state index in [1.165, 1.54) is 10.5 Å². The highest BCUT2D eigenvalue weighted by molar-refractivity contribution is 8.00. The molecule has 0 aromatic heterocycles. The lowest BCUT2D eigenvalue weighted by Crippen LogP contribution is -2.43. The maximum absolute atomic E-state index is 12.8. The molecule has 2 heterocycles. The summed E-state index contributed by atoms with van der Waals surface area (Å²) in [6.07, 6.45) is 2.44. The highest BCUT2D eigenvalue weighted by Gasteiger charge is 2.38. The Kier molecular flexibility index (Phi) is 5.72. The van der Waals surface area contributed by atoms with Gasteiger partial charge in [-0.3, -0.25) is 9.59 Å². The lowest BCUT2D eigenvalue weighted by Gasteiger charge is -2.33. The van der Waals surface area contributed by atoms with Crippen molar-refractivity contribution < 1.29 is 9.59 Å². The summed E-state index contributed by atoms with van der Waals surface area (Å²) in [5.74, 6) is 0.157. The summed E-state index contributed by atoms with van der Waals surface area (Å²) in [6, 6.07) is 8.80. The van der Waals surface area contributed by atoms with Crippen LogP contribution in [-0.4, -0.2) is 52.5 Å². The average Bonchev–Trinajstić information content (AvgIpc) is 2.97. The number of likely N-dealkylation sites (tertiary alicyclic amines) is 2. The molecular weight excluding hydrogens is 332 g/mol. The summed E-state index contributed by atoms with van der Waals surface area (Å²) < 4.78 is 0. The van der Waals surface area contributed by atoms with Crippen molar-refractivity contribution in [2.75, 3.05) is 19.6 Å². The fourth-order valence-electron chi connectivity index (χ4n) is 3.73. The zero-order valence-electron chi connectivity index (χ0n) is 15.4. The second-order valence-electron chi connectivity index (χ2n) is 7.50. The molecule has 3 rings (SSSR count). The highest BCUT2D eigenvalue weighted by atomic mass is 32.2. The van der Waals surface area contributed by atoms with Crippen molar-refractivity contribution in [3.05, 3.63) is 29.8 Å². The summed E-state index contributed by atoms with van der Waals surface area (Å²) in [4.78, 5) is 29.9. The monoisotopic (exact) mass is 360 g/mol. The Morgan fingerprint density at radius 1 is 1.24 bits per heavy atom. The van der Waals surface area contributed by atoms with Crippen LogP contribution in [0.5, 0.6) is 0 Å². The van der Waals surface area contributed by atoms with Gasteiger partial charge in [0.05, 0.1) is 5.92 Å². The number of carbonyl (C=O) groups is 2. The van der Waals surface area contributed by atoms with Crippen LogP contribution in [0.3, 0.4) is 0 Å². The van der Waals surface area contributed by atoms with Gasteiger partial charge in [-0.2, -0.15) is 0 Å². The largest absolute Gasteiger partial charge is 0.342 e. The van der Waals surface area contributed by atoms with Crippen LogP contribution in [0.1, 0.15) is 38.7 Å². The van der Waals surface area contributed by atoms with Crippen LogP contribution in [0.2, 0.25) is 0 Å². The number of rotatable bonds is 4. The quantitative estimate of drug-likeness (QED) is 0.827. The molecule has 1 aromatic carbocycles. The molecule has 2 fully saturated rings. The fourth-order valence-corrected chi connectivity index (χ4v) is 4.97. The average molecular weight is 361 g/mol. The predicted octanol–water partition coefficient (Wildman–Crippen LogP) is 3.34. The van der Waals surface area contributed by atoms with Crippen LogP contribution in [0.25, 0.3) is 0 Å². The zero-order valence-corrected chi connectivity index (χ0v) is 16.2. The predicted molar refractivity (Wildman–Crippen MR) is 102 cm³/mol. The molecule has 0 spiro atoms. The molecule has 2 saturated heterocycles. The van der Waals surface area contributed by atoms with E-state index in [-0.39, 0.29) is 23.8 Å².